The van der Waals surface area contributed by atoms with Crippen molar-refractivity contribution in [2.75, 3.05) is 13.7 Å². The van der Waals surface area contributed by atoms with Crippen molar-refractivity contribution in [1.29, 1.82) is 5.26 Å². The molecule has 0 bridgehead atoms. The molecule has 1 aromatic carbocycles. The number of aryl methyl sites for hydroxylation is 1. The van der Waals surface area contributed by atoms with Crippen LogP contribution in [0.1, 0.15) is 22.4 Å². The van der Waals surface area contributed by atoms with E-state index in [2.05, 4.69) is 31.4 Å². The molecule has 1 heterocycles. The molecule has 2 aromatic rings. The average Bonchev–Trinajstić information content (AvgIpc) is 2.66. The van der Waals surface area contributed by atoms with E-state index in [1.807, 2.05) is 6.07 Å². The maximum absolute atomic E-state index is 11.9. The highest BCUT2D eigenvalue weighted by atomic mass is 79.9. The molecule has 0 spiro atoms. The van der Waals surface area contributed by atoms with Crippen molar-refractivity contribution in [3.63, 3.8) is 0 Å². The van der Waals surface area contributed by atoms with Gasteiger partial charge >= 0.3 is 0 Å². The molecule has 0 atom stereocenters. The van der Waals surface area contributed by atoms with Gasteiger partial charge in [0.25, 0.3) is 5.91 Å². The number of phenolic OH excluding ortho intramolecular Hbond substituents is 1. The third kappa shape index (κ3) is 5.42. The minimum Gasteiger partial charge on any atom is -0.507 e. The Morgan fingerprint density at radius 3 is 2.96 bits per heavy atom. The molecule has 0 saturated heterocycles. The van der Waals surface area contributed by atoms with Crippen LogP contribution in [0.5, 0.6) is 11.6 Å². The number of methoxy groups -OCH3 is 1. The van der Waals surface area contributed by atoms with Crippen LogP contribution in [0.3, 0.4) is 0 Å². The predicted molar refractivity (Wildman–Crippen MR) is 106 cm³/mol. The molecule has 2 N–H and O–H groups in total. The van der Waals surface area contributed by atoms with E-state index in [-0.39, 0.29) is 23.8 Å². The van der Waals surface area contributed by atoms with Gasteiger partial charge in [-0.25, -0.2) is 10.4 Å². The third-order valence-corrected chi connectivity index (χ3v) is 4.78. The van der Waals surface area contributed by atoms with Crippen LogP contribution in [0.15, 0.2) is 27.8 Å². The van der Waals surface area contributed by atoms with Gasteiger partial charge in [-0.15, -0.1) is 0 Å². The summed E-state index contributed by atoms with van der Waals surface area (Å²) in [5.41, 5.74) is 3.96. The molecule has 146 valence electrons. The van der Waals surface area contributed by atoms with E-state index in [1.165, 1.54) is 31.5 Å². The van der Waals surface area contributed by atoms with Crippen LogP contribution in [-0.2, 0) is 16.1 Å². The summed E-state index contributed by atoms with van der Waals surface area (Å²) in [6.07, 6.45) is 1.25. The number of amides is 1. The van der Waals surface area contributed by atoms with Gasteiger partial charge in [-0.05, 0) is 41.1 Å². The van der Waals surface area contributed by atoms with Gasteiger partial charge in [0, 0.05) is 27.7 Å². The summed E-state index contributed by atoms with van der Waals surface area (Å²) in [5.74, 6) is -0.572. The summed E-state index contributed by atoms with van der Waals surface area (Å²) in [4.78, 5) is 16.1. The minimum atomic E-state index is -0.572. The number of phenols is 1. The predicted octanol–water partition coefficient (Wildman–Crippen LogP) is 3.06. The lowest BCUT2D eigenvalue weighted by atomic mass is 10.1. The first-order valence-corrected chi connectivity index (χ1v) is 9.05. The van der Waals surface area contributed by atoms with Crippen molar-refractivity contribution >= 4 is 39.7 Å². The number of carbonyl (C=O) groups excluding carboxylic acids is 1. The summed E-state index contributed by atoms with van der Waals surface area (Å²) >= 11 is 9.21. The quantitative estimate of drug-likeness (QED) is 0.477. The standard InChI is InChI=1S/C18H16BrClN4O4/c1-10-17(19)14(8-27-2)13(6-21)18(23-10)28-9-16(26)24-22-7-11-5-12(20)3-4-15(11)25/h3-5,7,25H,8-9H2,1-2H3,(H,24,26)/b22-7+. The molecule has 10 heteroatoms. The molecule has 0 unspecified atom stereocenters. The fraction of sp³-hybridized carbons (Fsp3) is 0.222. The highest BCUT2D eigenvalue weighted by Crippen LogP contribution is 2.29. The zero-order valence-corrected chi connectivity index (χ0v) is 17.3. The second-order valence-electron chi connectivity index (χ2n) is 5.50. The molecule has 0 aliphatic heterocycles. The molecule has 0 aliphatic carbocycles. The van der Waals surface area contributed by atoms with Crippen molar-refractivity contribution in [3.05, 3.63) is 50.1 Å². The molecule has 8 nitrogen and oxygen atoms in total. The lowest BCUT2D eigenvalue weighted by Crippen LogP contribution is -2.25. The van der Waals surface area contributed by atoms with Gasteiger partial charge < -0.3 is 14.6 Å². The number of hydrazone groups is 1. The Labute approximate surface area is 174 Å². The normalized spacial score (nSPS) is 10.7. The van der Waals surface area contributed by atoms with Crippen LogP contribution in [0, 0.1) is 18.3 Å². The smallest absolute Gasteiger partial charge is 0.278 e. The van der Waals surface area contributed by atoms with Gasteiger partial charge in [-0.1, -0.05) is 11.6 Å². The van der Waals surface area contributed by atoms with E-state index in [4.69, 9.17) is 21.1 Å². The lowest BCUT2D eigenvalue weighted by molar-refractivity contribution is -0.123. The molecule has 1 amide bonds. The van der Waals surface area contributed by atoms with Crippen LogP contribution in [0.4, 0.5) is 0 Å². The molecular weight excluding hydrogens is 452 g/mol. The summed E-state index contributed by atoms with van der Waals surface area (Å²) < 4.78 is 11.1. The Bertz CT molecular complexity index is 960. The molecule has 0 aliphatic rings. The largest absolute Gasteiger partial charge is 0.507 e. The van der Waals surface area contributed by atoms with Crippen molar-refractivity contribution in [2.45, 2.75) is 13.5 Å². The van der Waals surface area contributed by atoms with E-state index in [9.17, 15) is 15.2 Å². The molecule has 0 fully saturated rings. The first-order valence-electron chi connectivity index (χ1n) is 7.88. The Morgan fingerprint density at radius 1 is 1.54 bits per heavy atom. The van der Waals surface area contributed by atoms with Crippen LogP contribution >= 0.6 is 27.5 Å². The van der Waals surface area contributed by atoms with Crippen LogP contribution in [-0.4, -0.2) is 35.9 Å². The zero-order chi connectivity index (χ0) is 20.7. The summed E-state index contributed by atoms with van der Waals surface area (Å²) in [6, 6.07) is 6.45. The van der Waals surface area contributed by atoms with Crippen LogP contribution < -0.4 is 10.2 Å². The summed E-state index contributed by atoms with van der Waals surface area (Å²) in [5, 5.41) is 23.3. The number of nitrogens with one attached hydrogen (secondary N) is 1. The second kappa shape index (κ2) is 10.0. The van der Waals surface area contributed by atoms with Gasteiger partial charge in [-0.3, -0.25) is 4.79 Å². The van der Waals surface area contributed by atoms with Crippen LogP contribution in [0.25, 0.3) is 0 Å². The number of hydrogen-bond acceptors (Lipinski definition) is 7. The van der Waals surface area contributed by atoms with Crippen molar-refractivity contribution in [3.8, 4) is 17.7 Å². The van der Waals surface area contributed by atoms with E-state index in [0.717, 1.165) is 0 Å². The molecule has 1 aromatic heterocycles. The minimum absolute atomic E-state index is 0.0295. The highest BCUT2D eigenvalue weighted by Gasteiger charge is 2.18. The van der Waals surface area contributed by atoms with E-state index >= 15 is 0 Å². The van der Waals surface area contributed by atoms with Crippen molar-refractivity contribution in [1.82, 2.24) is 10.4 Å². The molecule has 0 saturated carbocycles. The number of hydrogen-bond donors (Lipinski definition) is 2. The number of pyridine rings is 1. The lowest BCUT2D eigenvalue weighted by Gasteiger charge is -2.13. The number of carbonyl (C=O) groups is 1. The SMILES string of the molecule is COCc1c(Br)c(C)nc(OCC(=O)N/N=C/c2cc(Cl)ccc2O)c1C#N. The second-order valence-corrected chi connectivity index (χ2v) is 6.73. The van der Waals surface area contributed by atoms with E-state index in [1.54, 1.807) is 6.92 Å². The molecule has 0 radical (unpaired) electrons. The summed E-state index contributed by atoms with van der Waals surface area (Å²) in [7, 11) is 1.51. The first kappa shape index (κ1) is 21.6. The van der Waals surface area contributed by atoms with Gasteiger partial charge in [0.15, 0.2) is 6.61 Å². The third-order valence-electron chi connectivity index (χ3n) is 3.49. The maximum Gasteiger partial charge on any atom is 0.278 e. The van der Waals surface area contributed by atoms with Crippen LogP contribution in [0.2, 0.25) is 5.02 Å². The number of nitriles is 1. The average molecular weight is 468 g/mol. The topological polar surface area (TPSA) is 117 Å². The van der Waals surface area contributed by atoms with E-state index in [0.29, 0.717) is 26.3 Å². The first-order chi connectivity index (χ1) is 13.4. The number of aromatic hydroxyl groups is 1. The highest BCUT2D eigenvalue weighted by molar-refractivity contribution is 9.10. The summed E-state index contributed by atoms with van der Waals surface area (Å²) in [6.45, 7) is 1.51. The fourth-order valence-electron chi connectivity index (χ4n) is 2.18. The van der Waals surface area contributed by atoms with E-state index < -0.39 is 12.5 Å². The Morgan fingerprint density at radius 2 is 2.29 bits per heavy atom. The number of halogens is 2. The molecule has 28 heavy (non-hydrogen) atoms. The Kier molecular flexibility index (Phi) is 7.75. The monoisotopic (exact) mass is 466 g/mol. The number of nitrogens with zero attached hydrogens (tertiary/aromatic N) is 3. The molecule has 2 rings (SSSR count). The number of rotatable bonds is 7. The number of ether oxygens (including phenoxy) is 2. The molecular formula is C18H16BrClN4O4. The number of benzene rings is 1. The Hall–Kier alpha value is -2.67. The fourth-order valence-corrected chi connectivity index (χ4v) is 2.76. The van der Waals surface area contributed by atoms with Gasteiger partial charge in [0.1, 0.15) is 17.4 Å². The van der Waals surface area contributed by atoms with Gasteiger partial charge in [0.2, 0.25) is 5.88 Å². The van der Waals surface area contributed by atoms with Gasteiger partial charge in [-0.2, -0.15) is 10.4 Å². The van der Waals surface area contributed by atoms with Gasteiger partial charge in [0.05, 0.1) is 18.5 Å². The maximum atomic E-state index is 11.9. The van der Waals surface area contributed by atoms with Crippen molar-refractivity contribution in [2.24, 2.45) is 5.10 Å². The number of aromatic nitrogens is 1. The zero-order valence-electron chi connectivity index (χ0n) is 15.0. The Balaban J connectivity index is 2.06. The van der Waals surface area contributed by atoms with Crippen molar-refractivity contribution < 1.29 is 19.4 Å².